The van der Waals surface area contributed by atoms with Crippen molar-refractivity contribution >= 4 is 23.5 Å². The number of halogens is 1. The van der Waals surface area contributed by atoms with Gasteiger partial charge in [0.1, 0.15) is 18.2 Å². The number of hydrogen-bond donors (Lipinski definition) is 0. The van der Waals surface area contributed by atoms with E-state index in [0.717, 1.165) is 22.4 Å². The second-order valence-electron chi connectivity index (χ2n) is 7.97. The average Bonchev–Trinajstić information content (AvgIpc) is 3.09. The van der Waals surface area contributed by atoms with Crippen molar-refractivity contribution in [3.63, 3.8) is 0 Å². The van der Waals surface area contributed by atoms with Gasteiger partial charge in [0.15, 0.2) is 5.76 Å². The Morgan fingerprint density at radius 1 is 1.06 bits per heavy atom. The third-order valence-corrected chi connectivity index (χ3v) is 6.18. The van der Waals surface area contributed by atoms with Crippen LogP contribution in [-0.4, -0.2) is 17.4 Å². The Kier molecular flexibility index (Phi) is 5.05. The zero-order valence-corrected chi connectivity index (χ0v) is 18.1. The van der Waals surface area contributed by atoms with Crippen LogP contribution in [0.4, 0.5) is 0 Å². The van der Waals surface area contributed by atoms with E-state index < -0.39 is 0 Å². The molecular weight excluding hydrogens is 410 g/mol. The predicted molar refractivity (Wildman–Crippen MR) is 121 cm³/mol. The summed E-state index contributed by atoms with van der Waals surface area (Å²) in [5.41, 5.74) is 4.51. The highest BCUT2D eigenvalue weighted by molar-refractivity contribution is 6.30. The number of carbonyl (C=O) groups excluding carboxylic acids is 1. The van der Waals surface area contributed by atoms with E-state index in [2.05, 4.69) is 24.0 Å². The van der Waals surface area contributed by atoms with Crippen LogP contribution in [0.1, 0.15) is 45.6 Å². The molecule has 0 saturated heterocycles. The van der Waals surface area contributed by atoms with Crippen LogP contribution in [0.3, 0.4) is 0 Å². The van der Waals surface area contributed by atoms with Crippen molar-refractivity contribution in [3.05, 3.63) is 99.3 Å². The van der Waals surface area contributed by atoms with Crippen LogP contribution in [0, 0.1) is 6.92 Å². The number of hydrogen-bond acceptors (Lipinski definition) is 4. The van der Waals surface area contributed by atoms with Crippen LogP contribution in [0.5, 0.6) is 11.5 Å². The number of ether oxygens (including phenoxy) is 2. The average molecular weight is 432 g/mol. The number of nitrogens with zero attached hydrogens (tertiary/aromatic N) is 1. The van der Waals surface area contributed by atoms with Gasteiger partial charge in [-0.1, -0.05) is 54.1 Å². The standard InChI is InChI=1S/C26H22ClNO3/c1-16-25-20(14-28(15-30-25)17(2)19-8-4-3-5-9-19)13-22-24(29)23(31-26(16)22)12-18-7-6-10-21(27)11-18/h3-13,17H,14-15H2,1-2H3/b23-12-. The first-order valence-corrected chi connectivity index (χ1v) is 10.7. The van der Waals surface area contributed by atoms with E-state index in [1.54, 1.807) is 18.2 Å². The second kappa shape index (κ2) is 7.88. The van der Waals surface area contributed by atoms with Crippen molar-refractivity contribution in [1.29, 1.82) is 0 Å². The first-order chi connectivity index (χ1) is 15.0. The van der Waals surface area contributed by atoms with Gasteiger partial charge in [0.2, 0.25) is 5.78 Å². The number of fused-ring (bicyclic) bond motifs is 2. The molecule has 1 unspecified atom stereocenters. The summed E-state index contributed by atoms with van der Waals surface area (Å²) in [6.07, 6.45) is 1.73. The fourth-order valence-electron chi connectivity index (χ4n) is 4.20. The van der Waals surface area contributed by atoms with E-state index in [1.165, 1.54) is 5.56 Å². The maximum Gasteiger partial charge on any atom is 0.231 e. The van der Waals surface area contributed by atoms with Gasteiger partial charge in [-0.3, -0.25) is 9.69 Å². The van der Waals surface area contributed by atoms with Gasteiger partial charge >= 0.3 is 0 Å². The fraction of sp³-hybridized carbons (Fsp3) is 0.192. The third-order valence-electron chi connectivity index (χ3n) is 5.94. The SMILES string of the molecule is Cc1c2c(cc3c1O/C(=C\c1cccc(Cl)c1)C3=O)CN(C(C)c1ccccc1)CO2. The molecule has 5 heteroatoms. The molecule has 0 radical (unpaired) electrons. The molecule has 0 N–H and O–H groups in total. The Morgan fingerprint density at radius 2 is 1.87 bits per heavy atom. The topological polar surface area (TPSA) is 38.8 Å². The second-order valence-corrected chi connectivity index (χ2v) is 8.40. The molecule has 31 heavy (non-hydrogen) atoms. The van der Waals surface area contributed by atoms with Gasteiger partial charge in [-0.2, -0.15) is 0 Å². The van der Waals surface area contributed by atoms with E-state index in [0.29, 0.717) is 35.4 Å². The highest BCUT2D eigenvalue weighted by atomic mass is 35.5. The smallest absolute Gasteiger partial charge is 0.231 e. The molecule has 0 aromatic heterocycles. The number of rotatable bonds is 3. The molecule has 0 fully saturated rings. The Bertz CT molecular complexity index is 1200. The van der Waals surface area contributed by atoms with Crippen LogP contribution in [0.2, 0.25) is 5.02 Å². The molecule has 0 bridgehead atoms. The molecule has 3 aromatic carbocycles. The molecule has 0 saturated carbocycles. The summed E-state index contributed by atoms with van der Waals surface area (Å²) < 4.78 is 12.1. The maximum absolute atomic E-state index is 13.1. The molecule has 2 aliphatic rings. The van der Waals surface area contributed by atoms with Crippen molar-refractivity contribution < 1.29 is 14.3 Å². The van der Waals surface area contributed by atoms with Gasteiger partial charge in [0.25, 0.3) is 0 Å². The quantitative estimate of drug-likeness (QED) is 0.464. The summed E-state index contributed by atoms with van der Waals surface area (Å²) in [4.78, 5) is 15.3. The van der Waals surface area contributed by atoms with Crippen LogP contribution in [-0.2, 0) is 6.54 Å². The van der Waals surface area contributed by atoms with Crippen LogP contribution >= 0.6 is 11.6 Å². The summed E-state index contributed by atoms with van der Waals surface area (Å²) in [5.74, 6) is 1.58. The van der Waals surface area contributed by atoms with E-state index in [9.17, 15) is 4.79 Å². The summed E-state index contributed by atoms with van der Waals surface area (Å²) >= 11 is 6.07. The van der Waals surface area contributed by atoms with Crippen molar-refractivity contribution in [1.82, 2.24) is 4.90 Å². The summed E-state index contributed by atoms with van der Waals surface area (Å²) in [7, 11) is 0. The molecule has 0 spiro atoms. The van der Waals surface area contributed by atoms with E-state index in [-0.39, 0.29) is 11.8 Å². The van der Waals surface area contributed by atoms with E-state index in [1.807, 2.05) is 43.3 Å². The minimum absolute atomic E-state index is 0.117. The largest absolute Gasteiger partial charge is 0.477 e. The predicted octanol–water partition coefficient (Wildman–Crippen LogP) is 6.18. The Morgan fingerprint density at radius 3 is 2.65 bits per heavy atom. The van der Waals surface area contributed by atoms with Gasteiger partial charge in [0.05, 0.1) is 5.56 Å². The molecule has 5 rings (SSSR count). The molecule has 156 valence electrons. The molecule has 0 aliphatic carbocycles. The molecule has 1 atom stereocenters. The Balaban J connectivity index is 1.45. The minimum atomic E-state index is -0.117. The molecule has 3 aromatic rings. The number of allylic oxidation sites excluding steroid dienone is 1. The highest BCUT2D eigenvalue weighted by Crippen LogP contribution is 2.44. The van der Waals surface area contributed by atoms with Crippen LogP contribution in [0.15, 0.2) is 66.4 Å². The lowest BCUT2D eigenvalue weighted by Crippen LogP contribution is -2.34. The normalized spacial score (nSPS) is 17.6. The van der Waals surface area contributed by atoms with Crippen molar-refractivity contribution in [2.45, 2.75) is 26.4 Å². The monoisotopic (exact) mass is 431 g/mol. The molecule has 2 aliphatic heterocycles. The highest BCUT2D eigenvalue weighted by Gasteiger charge is 2.34. The lowest BCUT2D eigenvalue weighted by molar-refractivity contribution is 0.0609. The van der Waals surface area contributed by atoms with E-state index >= 15 is 0 Å². The van der Waals surface area contributed by atoms with Crippen LogP contribution in [0.25, 0.3) is 6.08 Å². The van der Waals surface area contributed by atoms with Crippen LogP contribution < -0.4 is 9.47 Å². The number of ketones is 1. The van der Waals surface area contributed by atoms with E-state index in [4.69, 9.17) is 21.1 Å². The van der Waals surface area contributed by atoms with Gasteiger partial charge in [-0.25, -0.2) is 0 Å². The van der Waals surface area contributed by atoms with Gasteiger partial charge in [-0.05, 0) is 49.2 Å². The van der Waals surface area contributed by atoms with Gasteiger partial charge < -0.3 is 9.47 Å². The Labute approximate surface area is 186 Å². The molecule has 0 amide bonds. The fourth-order valence-corrected chi connectivity index (χ4v) is 4.40. The minimum Gasteiger partial charge on any atom is -0.477 e. The van der Waals surface area contributed by atoms with Gasteiger partial charge in [0, 0.05) is 28.7 Å². The number of Topliss-reactive ketones (excluding diaryl/α,β-unsaturated/α-hetero) is 1. The zero-order valence-electron chi connectivity index (χ0n) is 17.4. The molecule has 2 heterocycles. The maximum atomic E-state index is 13.1. The first-order valence-electron chi connectivity index (χ1n) is 10.3. The zero-order chi connectivity index (χ0) is 21.5. The summed E-state index contributed by atoms with van der Waals surface area (Å²) in [6, 6.07) is 19.8. The summed E-state index contributed by atoms with van der Waals surface area (Å²) in [6.45, 7) is 5.32. The molecule has 4 nitrogen and oxygen atoms in total. The Hall–Kier alpha value is -3.08. The summed E-state index contributed by atoms with van der Waals surface area (Å²) in [5, 5.41) is 0.616. The van der Waals surface area contributed by atoms with Gasteiger partial charge in [-0.15, -0.1) is 0 Å². The van der Waals surface area contributed by atoms with Crippen molar-refractivity contribution in [2.75, 3.05) is 6.73 Å². The lowest BCUT2D eigenvalue weighted by Gasteiger charge is -2.34. The first kappa shape index (κ1) is 19.9. The number of benzene rings is 3. The van der Waals surface area contributed by atoms with Crippen molar-refractivity contribution in [2.24, 2.45) is 0 Å². The van der Waals surface area contributed by atoms with Crippen molar-refractivity contribution in [3.8, 4) is 11.5 Å². The lowest BCUT2D eigenvalue weighted by atomic mass is 9.99. The number of carbonyl (C=O) groups is 1. The third kappa shape index (κ3) is 3.62. The molecular formula is C26H22ClNO3.